The molecule has 0 fully saturated rings. The maximum atomic E-state index is 13.1. The molecular formula is C19H18FNO2. The molecule has 1 aliphatic rings. The number of nitrogens with one attached hydrogen (secondary N) is 1. The van der Waals surface area contributed by atoms with Gasteiger partial charge in [0.2, 0.25) is 0 Å². The van der Waals surface area contributed by atoms with Crippen molar-refractivity contribution in [3.63, 3.8) is 0 Å². The molecular weight excluding hydrogens is 293 g/mol. The monoisotopic (exact) mass is 311 g/mol. The standard InChI is InChI=1S/C19H18FNO2/c20-15-8-6-14(7-9-15)16-10-11-21-17(18(16)19(22)23)12-13-4-2-1-3-5-13/h1-10,17-18,21H,11-12H2,(H,22,23). The molecule has 0 radical (unpaired) electrons. The summed E-state index contributed by atoms with van der Waals surface area (Å²) in [4.78, 5) is 11.9. The first kappa shape index (κ1) is 15.4. The first-order chi connectivity index (χ1) is 11.1. The van der Waals surface area contributed by atoms with Gasteiger partial charge in [0.05, 0.1) is 5.92 Å². The average Bonchev–Trinajstić information content (AvgIpc) is 2.56. The van der Waals surface area contributed by atoms with Crippen LogP contribution >= 0.6 is 0 Å². The molecule has 0 saturated heterocycles. The first-order valence-corrected chi connectivity index (χ1v) is 7.61. The van der Waals surface area contributed by atoms with Crippen LogP contribution in [0.25, 0.3) is 5.57 Å². The molecule has 2 aromatic carbocycles. The fourth-order valence-electron chi connectivity index (χ4n) is 3.08. The first-order valence-electron chi connectivity index (χ1n) is 7.61. The summed E-state index contributed by atoms with van der Waals surface area (Å²) >= 11 is 0. The smallest absolute Gasteiger partial charge is 0.312 e. The van der Waals surface area contributed by atoms with Crippen LogP contribution in [0.1, 0.15) is 11.1 Å². The molecule has 1 heterocycles. The molecule has 4 heteroatoms. The van der Waals surface area contributed by atoms with E-state index in [0.29, 0.717) is 13.0 Å². The Balaban J connectivity index is 1.89. The molecule has 0 amide bonds. The second-order valence-electron chi connectivity index (χ2n) is 5.69. The van der Waals surface area contributed by atoms with Gasteiger partial charge >= 0.3 is 5.97 Å². The van der Waals surface area contributed by atoms with Crippen LogP contribution in [0, 0.1) is 11.7 Å². The van der Waals surface area contributed by atoms with Crippen LogP contribution in [0.15, 0.2) is 60.7 Å². The molecule has 0 aromatic heterocycles. The third-order valence-electron chi connectivity index (χ3n) is 4.18. The lowest BCUT2D eigenvalue weighted by atomic mass is 9.81. The zero-order chi connectivity index (χ0) is 16.2. The Hall–Kier alpha value is -2.46. The van der Waals surface area contributed by atoms with Crippen molar-refractivity contribution >= 4 is 11.5 Å². The summed E-state index contributed by atoms with van der Waals surface area (Å²) in [6, 6.07) is 15.6. The molecule has 2 atom stereocenters. The molecule has 3 nitrogen and oxygen atoms in total. The molecule has 118 valence electrons. The van der Waals surface area contributed by atoms with Crippen LogP contribution < -0.4 is 5.32 Å². The number of carbonyl (C=O) groups is 1. The Morgan fingerprint density at radius 3 is 2.48 bits per heavy atom. The zero-order valence-corrected chi connectivity index (χ0v) is 12.6. The molecule has 23 heavy (non-hydrogen) atoms. The SMILES string of the molecule is O=C(O)C1C(c2ccc(F)cc2)=CCNC1Cc1ccccc1. The minimum absolute atomic E-state index is 0.194. The summed E-state index contributed by atoms with van der Waals surface area (Å²) in [7, 11) is 0. The highest BCUT2D eigenvalue weighted by Gasteiger charge is 2.34. The van der Waals surface area contributed by atoms with E-state index in [9.17, 15) is 14.3 Å². The summed E-state index contributed by atoms with van der Waals surface area (Å²) in [5.41, 5.74) is 2.60. The minimum atomic E-state index is -0.867. The van der Waals surface area contributed by atoms with Crippen LogP contribution in [0.2, 0.25) is 0 Å². The third-order valence-corrected chi connectivity index (χ3v) is 4.18. The highest BCUT2D eigenvalue weighted by atomic mass is 19.1. The molecule has 1 aliphatic heterocycles. The Morgan fingerprint density at radius 2 is 1.83 bits per heavy atom. The Labute approximate surface area is 134 Å². The maximum absolute atomic E-state index is 13.1. The number of hydrogen-bond donors (Lipinski definition) is 2. The summed E-state index contributed by atoms with van der Waals surface area (Å²) in [5.74, 6) is -1.85. The van der Waals surface area contributed by atoms with E-state index in [-0.39, 0.29) is 11.9 Å². The zero-order valence-electron chi connectivity index (χ0n) is 12.6. The van der Waals surface area contributed by atoms with E-state index in [0.717, 1.165) is 16.7 Å². The van der Waals surface area contributed by atoms with E-state index in [2.05, 4.69) is 5.32 Å². The van der Waals surface area contributed by atoms with Crippen LogP contribution in [0.5, 0.6) is 0 Å². The maximum Gasteiger partial charge on any atom is 0.312 e. The van der Waals surface area contributed by atoms with E-state index >= 15 is 0 Å². The van der Waals surface area contributed by atoms with E-state index in [1.165, 1.54) is 12.1 Å². The normalized spacial score (nSPS) is 20.8. The van der Waals surface area contributed by atoms with Gasteiger partial charge in [-0.1, -0.05) is 48.5 Å². The number of rotatable bonds is 4. The van der Waals surface area contributed by atoms with Crippen LogP contribution in [-0.4, -0.2) is 23.7 Å². The lowest BCUT2D eigenvalue weighted by molar-refractivity contribution is -0.140. The Kier molecular flexibility index (Phi) is 4.53. The average molecular weight is 311 g/mol. The van der Waals surface area contributed by atoms with E-state index < -0.39 is 11.9 Å². The van der Waals surface area contributed by atoms with Crippen molar-refractivity contribution in [1.82, 2.24) is 5.32 Å². The van der Waals surface area contributed by atoms with Gasteiger partial charge in [-0.3, -0.25) is 4.79 Å². The van der Waals surface area contributed by atoms with Gasteiger partial charge in [0.1, 0.15) is 5.82 Å². The summed E-state index contributed by atoms with van der Waals surface area (Å²) in [6.45, 7) is 0.605. The van der Waals surface area contributed by atoms with Crippen molar-refractivity contribution in [3.05, 3.63) is 77.6 Å². The number of aliphatic carboxylic acids is 1. The van der Waals surface area contributed by atoms with Gasteiger partial charge < -0.3 is 10.4 Å². The van der Waals surface area contributed by atoms with Gasteiger partial charge in [0, 0.05) is 12.6 Å². The highest BCUT2D eigenvalue weighted by Crippen LogP contribution is 2.30. The fourth-order valence-corrected chi connectivity index (χ4v) is 3.08. The minimum Gasteiger partial charge on any atom is -0.481 e. The topological polar surface area (TPSA) is 49.3 Å². The summed E-state index contributed by atoms with van der Waals surface area (Å²) in [6.07, 6.45) is 2.52. The Morgan fingerprint density at radius 1 is 1.13 bits per heavy atom. The molecule has 0 spiro atoms. The molecule has 0 saturated carbocycles. The summed E-state index contributed by atoms with van der Waals surface area (Å²) < 4.78 is 13.1. The van der Waals surface area contributed by atoms with Crippen molar-refractivity contribution < 1.29 is 14.3 Å². The van der Waals surface area contributed by atoms with Crippen molar-refractivity contribution in [3.8, 4) is 0 Å². The van der Waals surface area contributed by atoms with E-state index in [1.807, 2.05) is 36.4 Å². The number of carboxylic acids is 1. The molecule has 2 N–H and O–H groups in total. The van der Waals surface area contributed by atoms with Crippen LogP contribution in [0.4, 0.5) is 4.39 Å². The van der Waals surface area contributed by atoms with Gasteiger partial charge in [-0.05, 0) is 35.3 Å². The van der Waals surface area contributed by atoms with Crippen molar-refractivity contribution in [1.29, 1.82) is 0 Å². The molecule has 3 rings (SSSR count). The fraction of sp³-hybridized carbons (Fsp3) is 0.211. The van der Waals surface area contributed by atoms with Crippen molar-refractivity contribution in [2.75, 3.05) is 6.54 Å². The largest absolute Gasteiger partial charge is 0.481 e. The summed E-state index contributed by atoms with van der Waals surface area (Å²) in [5, 5.41) is 13.0. The number of benzene rings is 2. The van der Waals surface area contributed by atoms with E-state index in [1.54, 1.807) is 12.1 Å². The predicted molar refractivity (Wildman–Crippen MR) is 87.4 cm³/mol. The molecule has 2 aromatic rings. The predicted octanol–water partition coefficient (Wildman–Crippen LogP) is 3.12. The van der Waals surface area contributed by atoms with Crippen LogP contribution in [-0.2, 0) is 11.2 Å². The number of hydrogen-bond acceptors (Lipinski definition) is 2. The quantitative estimate of drug-likeness (QED) is 0.912. The van der Waals surface area contributed by atoms with Gasteiger partial charge in [-0.25, -0.2) is 4.39 Å². The lowest BCUT2D eigenvalue weighted by Crippen LogP contribution is -2.45. The molecule has 2 unspecified atom stereocenters. The van der Waals surface area contributed by atoms with E-state index in [4.69, 9.17) is 0 Å². The van der Waals surface area contributed by atoms with Crippen LogP contribution in [0.3, 0.4) is 0 Å². The third kappa shape index (κ3) is 3.48. The van der Waals surface area contributed by atoms with Gasteiger partial charge in [0.25, 0.3) is 0 Å². The van der Waals surface area contributed by atoms with Crippen molar-refractivity contribution in [2.45, 2.75) is 12.5 Å². The second kappa shape index (κ2) is 6.75. The lowest BCUT2D eigenvalue weighted by Gasteiger charge is -2.31. The van der Waals surface area contributed by atoms with Crippen molar-refractivity contribution in [2.24, 2.45) is 5.92 Å². The Bertz CT molecular complexity index is 710. The van der Waals surface area contributed by atoms with Gasteiger partial charge in [0.15, 0.2) is 0 Å². The second-order valence-corrected chi connectivity index (χ2v) is 5.69. The highest BCUT2D eigenvalue weighted by molar-refractivity contribution is 5.89. The number of halogens is 1. The molecule has 0 bridgehead atoms. The van der Waals surface area contributed by atoms with Gasteiger partial charge in [-0.2, -0.15) is 0 Å². The molecule has 0 aliphatic carbocycles. The number of carboxylic acid groups (broad SMARTS) is 1. The van der Waals surface area contributed by atoms with Gasteiger partial charge in [-0.15, -0.1) is 0 Å².